The van der Waals surface area contributed by atoms with Crippen LogP contribution in [0, 0.1) is 10.7 Å². The lowest BCUT2D eigenvalue weighted by Gasteiger charge is -2.33. The van der Waals surface area contributed by atoms with E-state index in [1.807, 2.05) is 0 Å². The summed E-state index contributed by atoms with van der Waals surface area (Å²) >= 11 is 3.70. The van der Waals surface area contributed by atoms with E-state index in [0.29, 0.717) is 6.10 Å². The minimum atomic E-state index is 0.382. The third-order valence-corrected chi connectivity index (χ3v) is 2.87. The van der Waals surface area contributed by atoms with Gasteiger partial charge in [-0.15, -0.1) is 0 Å². The highest BCUT2D eigenvalue weighted by molar-refractivity contribution is 7.64. The van der Waals surface area contributed by atoms with Crippen molar-refractivity contribution < 1.29 is 9.22 Å². The average Bonchev–Trinajstić information content (AvgIpc) is 2.65. The van der Waals surface area contributed by atoms with E-state index in [1.165, 1.54) is 42.4 Å². The Morgan fingerprint density at radius 2 is 1.87 bits per heavy atom. The molecule has 0 spiro atoms. The molecule has 0 unspecified atom stereocenters. The fraction of sp³-hybridized carbons (Fsp3) is 0.909. The largest absolute Gasteiger partial charge is 0.696 e. The quantitative estimate of drug-likeness (QED) is 0.421. The van der Waals surface area contributed by atoms with Crippen LogP contribution in [0.15, 0.2) is 0 Å². The van der Waals surface area contributed by atoms with Crippen LogP contribution >= 0.6 is 0 Å². The van der Waals surface area contributed by atoms with Gasteiger partial charge in [0, 0.05) is 12.8 Å². The van der Waals surface area contributed by atoms with E-state index in [-0.39, 0.29) is 0 Å². The van der Waals surface area contributed by atoms with Crippen molar-refractivity contribution >= 4 is 12.6 Å². The predicted octanol–water partition coefficient (Wildman–Crippen LogP) is 2.01. The molecule has 0 N–H and O–H groups in total. The second-order valence-corrected chi connectivity index (χ2v) is 4.43. The van der Waals surface area contributed by atoms with Gasteiger partial charge in [0.05, 0.1) is 25.7 Å². The number of nitrogens with zero attached hydrogens (tertiary/aromatic N) is 2. The van der Waals surface area contributed by atoms with Gasteiger partial charge in [0.15, 0.2) is 6.73 Å². The standard InChI is InChI=1S/C10H22NO.CHNS/c1-4-11(7-5-6-8-11)9-12-10(2)3;2-1-3/h10H,4-9H2,1-3H3;3H/q+1;/p-1. The van der Waals surface area contributed by atoms with E-state index in [9.17, 15) is 0 Å². The molecular weight excluding hydrogens is 208 g/mol. The molecule has 3 nitrogen and oxygen atoms in total. The minimum absolute atomic E-state index is 0.382. The van der Waals surface area contributed by atoms with Gasteiger partial charge in [-0.1, -0.05) is 5.40 Å². The molecular formula is C11H22N2OS. The summed E-state index contributed by atoms with van der Waals surface area (Å²) < 4.78 is 6.88. The number of hydrogen-bond acceptors (Lipinski definition) is 3. The molecule has 88 valence electrons. The lowest BCUT2D eigenvalue weighted by atomic mass is 10.4. The predicted molar refractivity (Wildman–Crippen MR) is 63.8 cm³/mol. The van der Waals surface area contributed by atoms with Crippen LogP contribution in [0.5, 0.6) is 0 Å². The lowest BCUT2D eigenvalue weighted by Crippen LogP contribution is -2.47. The van der Waals surface area contributed by atoms with E-state index in [4.69, 9.17) is 10.00 Å². The Hall–Kier alpha value is -0.370. The van der Waals surface area contributed by atoms with Gasteiger partial charge >= 0.3 is 0 Å². The zero-order valence-electron chi connectivity index (χ0n) is 10.0. The molecule has 1 aliphatic heterocycles. The molecule has 1 fully saturated rings. The highest BCUT2D eigenvalue weighted by Gasteiger charge is 2.30. The summed E-state index contributed by atoms with van der Waals surface area (Å²) in [5.74, 6) is 0. The van der Waals surface area contributed by atoms with Crippen LogP contribution in [0.2, 0.25) is 0 Å². The first kappa shape index (κ1) is 14.6. The van der Waals surface area contributed by atoms with Crippen LogP contribution in [-0.2, 0) is 17.4 Å². The van der Waals surface area contributed by atoms with Crippen molar-refractivity contribution in [2.45, 2.75) is 39.7 Å². The first-order chi connectivity index (χ1) is 7.10. The molecule has 0 bridgehead atoms. The Morgan fingerprint density at radius 1 is 1.40 bits per heavy atom. The molecule has 0 aromatic carbocycles. The highest BCUT2D eigenvalue weighted by Crippen LogP contribution is 2.19. The summed E-state index contributed by atoms with van der Waals surface area (Å²) in [5, 5.41) is 8.47. The van der Waals surface area contributed by atoms with Crippen molar-refractivity contribution in [1.29, 1.82) is 5.26 Å². The Kier molecular flexibility index (Phi) is 7.67. The topological polar surface area (TPSA) is 33.0 Å². The number of ether oxygens (including phenoxy) is 1. The zero-order chi connectivity index (χ0) is 11.7. The normalized spacial score (nSPS) is 18.1. The van der Waals surface area contributed by atoms with Crippen LogP contribution < -0.4 is 0 Å². The summed E-state index contributed by atoms with van der Waals surface area (Å²) in [6.45, 7) is 11.3. The fourth-order valence-corrected chi connectivity index (χ4v) is 1.85. The fourth-order valence-electron chi connectivity index (χ4n) is 1.85. The molecule has 1 rings (SSSR count). The van der Waals surface area contributed by atoms with E-state index in [0.717, 1.165) is 6.73 Å². The monoisotopic (exact) mass is 230 g/mol. The van der Waals surface area contributed by atoms with Crippen molar-refractivity contribution in [1.82, 2.24) is 0 Å². The molecule has 1 saturated heterocycles. The summed E-state index contributed by atoms with van der Waals surface area (Å²) in [5.41, 5.74) is 0. The van der Waals surface area contributed by atoms with Gasteiger partial charge < -0.3 is 21.8 Å². The zero-order valence-corrected chi connectivity index (χ0v) is 10.8. The Bertz CT molecular complexity index is 195. The molecule has 0 radical (unpaired) electrons. The van der Waals surface area contributed by atoms with Gasteiger partial charge in [0.1, 0.15) is 0 Å². The Labute approximate surface area is 99.0 Å². The van der Waals surface area contributed by atoms with Gasteiger partial charge in [-0.3, -0.25) is 0 Å². The Balaban J connectivity index is 0.000000583. The SMILES string of the molecule is CC[N+]1(COC(C)C)CCCC1.N#C[S-]. The molecule has 0 saturated carbocycles. The summed E-state index contributed by atoms with van der Waals surface area (Å²) in [7, 11) is 0. The molecule has 0 atom stereocenters. The van der Waals surface area contributed by atoms with Gasteiger partial charge in [-0.25, -0.2) is 5.26 Å². The van der Waals surface area contributed by atoms with Gasteiger partial charge in [0.2, 0.25) is 0 Å². The molecule has 0 amide bonds. The minimum Gasteiger partial charge on any atom is -0.696 e. The number of quaternary nitrogens is 1. The molecule has 0 aromatic heterocycles. The van der Waals surface area contributed by atoms with Gasteiger partial charge in [-0.2, -0.15) is 0 Å². The highest BCUT2D eigenvalue weighted by atomic mass is 32.1. The number of hydrogen-bond donors (Lipinski definition) is 0. The maximum Gasteiger partial charge on any atom is 0.183 e. The van der Waals surface area contributed by atoms with Gasteiger partial charge in [0.25, 0.3) is 0 Å². The van der Waals surface area contributed by atoms with Crippen molar-refractivity contribution in [2.75, 3.05) is 26.4 Å². The van der Waals surface area contributed by atoms with Gasteiger partial charge in [-0.05, 0) is 20.8 Å². The maximum atomic E-state index is 7.13. The Morgan fingerprint density at radius 3 is 2.20 bits per heavy atom. The van der Waals surface area contributed by atoms with Crippen LogP contribution in [0.1, 0.15) is 33.6 Å². The summed E-state index contributed by atoms with van der Waals surface area (Å²) in [6, 6.07) is 0. The molecule has 1 aliphatic rings. The smallest absolute Gasteiger partial charge is 0.183 e. The maximum absolute atomic E-state index is 7.13. The molecule has 4 heteroatoms. The molecule has 15 heavy (non-hydrogen) atoms. The summed E-state index contributed by atoms with van der Waals surface area (Å²) in [4.78, 5) is 0. The molecule has 0 aromatic rings. The number of nitriles is 1. The van der Waals surface area contributed by atoms with E-state index in [1.54, 1.807) is 0 Å². The van der Waals surface area contributed by atoms with Crippen molar-refractivity contribution in [3.63, 3.8) is 0 Å². The summed E-state index contributed by atoms with van der Waals surface area (Å²) in [6.07, 6.45) is 3.15. The third-order valence-electron chi connectivity index (χ3n) is 2.87. The van der Waals surface area contributed by atoms with Crippen LogP contribution in [-0.4, -0.2) is 37.0 Å². The van der Waals surface area contributed by atoms with Crippen molar-refractivity contribution in [3.8, 4) is 5.40 Å². The third kappa shape index (κ3) is 5.93. The van der Waals surface area contributed by atoms with E-state index < -0.39 is 0 Å². The molecule has 1 heterocycles. The number of thiocyanates is 1. The van der Waals surface area contributed by atoms with Crippen LogP contribution in [0.25, 0.3) is 0 Å². The van der Waals surface area contributed by atoms with Crippen LogP contribution in [0.3, 0.4) is 0 Å². The first-order valence-corrected chi connectivity index (χ1v) is 5.99. The average molecular weight is 230 g/mol. The molecule has 0 aliphatic carbocycles. The lowest BCUT2D eigenvalue weighted by molar-refractivity contribution is -0.934. The van der Waals surface area contributed by atoms with E-state index in [2.05, 4.69) is 33.4 Å². The second-order valence-electron chi connectivity index (χ2n) is 4.25. The van der Waals surface area contributed by atoms with Crippen molar-refractivity contribution in [2.24, 2.45) is 0 Å². The van der Waals surface area contributed by atoms with Crippen LogP contribution in [0.4, 0.5) is 0 Å². The second kappa shape index (κ2) is 7.86. The van der Waals surface area contributed by atoms with Crippen molar-refractivity contribution in [3.05, 3.63) is 0 Å². The number of rotatable bonds is 4. The van der Waals surface area contributed by atoms with E-state index >= 15 is 0 Å². The first-order valence-electron chi connectivity index (χ1n) is 5.58. The number of likely N-dealkylation sites (tertiary alicyclic amines) is 1.